The van der Waals surface area contributed by atoms with Crippen LogP contribution in [0.1, 0.15) is 50.9 Å². The first kappa shape index (κ1) is 14.6. The number of aromatic nitrogens is 2. The second-order valence-electron chi connectivity index (χ2n) is 4.47. The Morgan fingerprint density at radius 3 is 2.83 bits per heavy atom. The fraction of sp³-hybridized carbons (Fsp3) is 0.750. The van der Waals surface area contributed by atoms with Crippen molar-refractivity contribution in [3.63, 3.8) is 0 Å². The summed E-state index contributed by atoms with van der Waals surface area (Å²) in [7, 11) is 1.61. The number of aliphatic carboxylic acids is 1. The molecule has 1 N–H and O–H groups in total. The first-order chi connectivity index (χ1) is 8.56. The lowest BCUT2D eigenvalue weighted by Crippen LogP contribution is -2.08. The van der Waals surface area contributed by atoms with Crippen LogP contribution in [-0.2, 0) is 16.0 Å². The van der Waals surface area contributed by atoms with Gasteiger partial charge >= 0.3 is 5.97 Å². The van der Waals surface area contributed by atoms with Crippen LogP contribution < -0.4 is 0 Å². The Balaban J connectivity index is 2.59. The molecule has 1 rings (SSSR count). The molecule has 6 nitrogen and oxygen atoms in total. The molecule has 0 saturated heterocycles. The molecule has 0 amide bonds. The Kier molecular flexibility index (Phi) is 5.77. The summed E-state index contributed by atoms with van der Waals surface area (Å²) in [5, 5.41) is 12.6. The Morgan fingerprint density at radius 1 is 1.56 bits per heavy atom. The van der Waals surface area contributed by atoms with Crippen LogP contribution in [0.15, 0.2) is 4.52 Å². The standard InChI is InChI=1S/C12H20N2O4/c1-4-5-9(17-3)12-13-10(18-14-12)6-8(2)7-11(15)16/h8-9H,4-7H2,1-3H3,(H,15,16). The van der Waals surface area contributed by atoms with E-state index in [0.29, 0.717) is 18.1 Å². The minimum Gasteiger partial charge on any atom is -0.481 e. The van der Waals surface area contributed by atoms with Crippen molar-refractivity contribution in [3.8, 4) is 0 Å². The van der Waals surface area contributed by atoms with Gasteiger partial charge in [0.1, 0.15) is 6.10 Å². The molecule has 1 aromatic rings. The molecule has 0 aliphatic heterocycles. The van der Waals surface area contributed by atoms with Gasteiger partial charge in [-0.05, 0) is 12.3 Å². The highest BCUT2D eigenvalue weighted by Gasteiger charge is 2.18. The molecule has 2 atom stereocenters. The number of hydrogen-bond donors (Lipinski definition) is 1. The van der Waals surface area contributed by atoms with Gasteiger partial charge in [-0.15, -0.1) is 0 Å². The Morgan fingerprint density at radius 2 is 2.28 bits per heavy atom. The average molecular weight is 256 g/mol. The van der Waals surface area contributed by atoms with E-state index in [1.807, 2.05) is 6.92 Å². The number of hydrogen-bond acceptors (Lipinski definition) is 5. The molecule has 0 saturated carbocycles. The van der Waals surface area contributed by atoms with Crippen LogP contribution in [0.5, 0.6) is 0 Å². The van der Waals surface area contributed by atoms with Crippen molar-refractivity contribution in [1.82, 2.24) is 10.1 Å². The molecule has 1 heterocycles. The summed E-state index contributed by atoms with van der Waals surface area (Å²) in [6, 6.07) is 0. The molecule has 0 bridgehead atoms. The highest BCUT2D eigenvalue weighted by Crippen LogP contribution is 2.20. The van der Waals surface area contributed by atoms with Gasteiger partial charge in [0.25, 0.3) is 0 Å². The number of rotatable bonds is 8. The Bertz CT molecular complexity index is 378. The summed E-state index contributed by atoms with van der Waals surface area (Å²) in [6.07, 6.45) is 2.22. The van der Waals surface area contributed by atoms with Crippen molar-refractivity contribution in [2.45, 2.75) is 45.6 Å². The van der Waals surface area contributed by atoms with Gasteiger partial charge in [-0.25, -0.2) is 0 Å². The van der Waals surface area contributed by atoms with Crippen molar-refractivity contribution >= 4 is 5.97 Å². The summed E-state index contributed by atoms with van der Waals surface area (Å²) in [6.45, 7) is 3.90. The monoisotopic (exact) mass is 256 g/mol. The fourth-order valence-electron chi connectivity index (χ4n) is 1.76. The number of carbonyl (C=O) groups is 1. The van der Waals surface area contributed by atoms with E-state index in [9.17, 15) is 4.79 Å². The van der Waals surface area contributed by atoms with Crippen molar-refractivity contribution in [2.75, 3.05) is 7.11 Å². The molecule has 0 aliphatic carbocycles. The highest BCUT2D eigenvalue weighted by atomic mass is 16.5. The zero-order valence-corrected chi connectivity index (χ0v) is 11.0. The van der Waals surface area contributed by atoms with Crippen LogP contribution in [0.2, 0.25) is 0 Å². The maximum absolute atomic E-state index is 10.6. The molecule has 0 radical (unpaired) electrons. The summed E-state index contributed by atoms with van der Waals surface area (Å²) in [5.41, 5.74) is 0. The lowest BCUT2D eigenvalue weighted by molar-refractivity contribution is -0.137. The summed E-state index contributed by atoms with van der Waals surface area (Å²) >= 11 is 0. The van der Waals surface area contributed by atoms with E-state index in [1.165, 1.54) is 0 Å². The molecule has 0 aliphatic rings. The minimum absolute atomic E-state index is 0.0250. The van der Waals surface area contributed by atoms with Crippen LogP contribution in [0, 0.1) is 5.92 Å². The third kappa shape index (κ3) is 4.44. The van der Waals surface area contributed by atoms with Crippen molar-refractivity contribution < 1.29 is 19.2 Å². The maximum Gasteiger partial charge on any atom is 0.303 e. The van der Waals surface area contributed by atoms with E-state index in [1.54, 1.807) is 7.11 Å². The molecule has 102 valence electrons. The van der Waals surface area contributed by atoms with Gasteiger partial charge in [0.15, 0.2) is 0 Å². The van der Waals surface area contributed by atoms with Crippen molar-refractivity contribution in [3.05, 3.63) is 11.7 Å². The number of nitrogens with zero attached hydrogens (tertiary/aromatic N) is 2. The third-order valence-electron chi connectivity index (χ3n) is 2.65. The summed E-state index contributed by atoms with van der Waals surface area (Å²) in [5.74, 6) is 0.166. The first-order valence-corrected chi connectivity index (χ1v) is 6.13. The van der Waals surface area contributed by atoms with Gasteiger partial charge < -0.3 is 14.4 Å². The predicted octanol–water partition coefficient (Wildman–Crippen LogP) is 2.21. The molecular weight excluding hydrogens is 236 g/mol. The molecule has 2 unspecified atom stereocenters. The fourth-order valence-corrected chi connectivity index (χ4v) is 1.76. The van der Waals surface area contributed by atoms with Gasteiger partial charge in [-0.2, -0.15) is 4.98 Å². The molecule has 1 aromatic heterocycles. The Labute approximate surface area is 106 Å². The van der Waals surface area contributed by atoms with Gasteiger partial charge in [0.05, 0.1) is 0 Å². The molecular formula is C12H20N2O4. The van der Waals surface area contributed by atoms with E-state index in [2.05, 4.69) is 17.1 Å². The first-order valence-electron chi connectivity index (χ1n) is 6.13. The Hall–Kier alpha value is -1.43. The second-order valence-corrected chi connectivity index (χ2v) is 4.47. The van der Waals surface area contributed by atoms with Crippen molar-refractivity contribution in [2.24, 2.45) is 5.92 Å². The molecule has 6 heteroatoms. The minimum atomic E-state index is -0.817. The number of carboxylic acids is 1. The third-order valence-corrected chi connectivity index (χ3v) is 2.65. The van der Waals surface area contributed by atoms with E-state index in [0.717, 1.165) is 12.8 Å². The number of methoxy groups -OCH3 is 1. The van der Waals surface area contributed by atoms with Crippen LogP contribution in [0.3, 0.4) is 0 Å². The number of carboxylic acid groups (broad SMARTS) is 1. The van der Waals surface area contributed by atoms with Crippen LogP contribution in [0.4, 0.5) is 0 Å². The van der Waals surface area contributed by atoms with Gasteiger partial charge in [0, 0.05) is 20.0 Å². The van der Waals surface area contributed by atoms with E-state index >= 15 is 0 Å². The van der Waals surface area contributed by atoms with Crippen LogP contribution in [-0.4, -0.2) is 28.3 Å². The van der Waals surface area contributed by atoms with Gasteiger partial charge in [-0.3, -0.25) is 4.79 Å². The molecule has 0 aromatic carbocycles. The van der Waals surface area contributed by atoms with Gasteiger partial charge in [0.2, 0.25) is 11.7 Å². The largest absolute Gasteiger partial charge is 0.481 e. The topological polar surface area (TPSA) is 85.5 Å². The average Bonchev–Trinajstić information content (AvgIpc) is 2.72. The zero-order chi connectivity index (χ0) is 13.5. The van der Waals surface area contributed by atoms with Crippen molar-refractivity contribution in [1.29, 1.82) is 0 Å². The predicted molar refractivity (Wildman–Crippen MR) is 64.1 cm³/mol. The normalized spacial score (nSPS) is 14.4. The molecule has 0 fully saturated rings. The molecule has 18 heavy (non-hydrogen) atoms. The van der Waals surface area contributed by atoms with Crippen LogP contribution in [0.25, 0.3) is 0 Å². The summed E-state index contributed by atoms with van der Waals surface area (Å²) in [4.78, 5) is 14.8. The maximum atomic E-state index is 10.6. The second kappa shape index (κ2) is 7.10. The van der Waals surface area contributed by atoms with E-state index in [4.69, 9.17) is 14.4 Å². The lowest BCUT2D eigenvalue weighted by Gasteiger charge is -2.08. The highest BCUT2D eigenvalue weighted by molar-refractivity contribution is 5.66. The lowest BCUT2D eigenvalue weighted by atomic mass is 10.0. The van der Waals surface area contributed by atoms with E-state index < -0.39 is 5.97 Å². The molecule has 0 spiro atoms. The SMILES string of the molecule is CCCC(OC)c1noc(CC(C)CC(=O)O)n1. The number of ether oxygens (including phenoxy) is 1. The summed E-state index contributed by atoms with van der Waals surface area (Å²) < 4.78 is 10.4. The van der Waals surface area contributed by atoms with Gasteiger partial charge in [-0.1, -0.05) is 25.4 Å². The van der Waals surface area contributed by atoms with Crippen LogP contribution >= 0.6 is 0 Å². The van der Waals surface area contributed by atoms with E-state index in [-0.39, 0.29) is 18.4 Å². The zero-order valence-electron chi connectivity index (χ0n) is 11.0. The quantitative estimate of drug-likeness (QED) is 0.767. The smallest absolute Gasteiger partial charge is 0.303 e.